The van der Waals surface area contributed by atoms with E-state index in [2.05, 4.69) is 46.8 Å². The van der Waals surface area contributed by atoms with Gasteiger partial charge in [-0.15, -0.1) is 0 Å². The zero-order chi connectivity index (χ0) is 19.9. The van der Waals surface area contributed by atoms with Crippen LogP contribution in [0.2, 0.25) is 0 Å². The van der Waals surface area contributed by atoms with Gasteiger partial charge in [0, 0.05) is 23.9 Å². The Labute approximate surface area is 165 Å². The maximum absolute atomic E-state index is 11.5. The van der Waals surface area contributed by atoms with Gasteiger partial charge in [0.05, 0.1) is 19.2 Å². The molecule has 146 valence electrons. The summed E-state index contributed by atoms with van der Waals surface area (Å²) in [6, 6.07) is 14.7. The predicted octanol–water partition coefficient (Wildman–Crippen LogP) is 2.83. The first-order valence-corrected chi connectivity index (χ1v) is 9.58. The number of hydrogen-bond acceptors (Lipinski definition) is 5. The maximum atomic E-state index is 11.5. The van der Waals surface area contributed by atoms with Crippen molar-refractivity contribution in [1.82, 2.24) is 15.6 Å². The molecule has 6 nitrogen and oxygen atoms in total. The SMILES string of the molecule is COc1ccc(-c2ccc(C)cc2)cn1.N#CCNC(=O)C1NC2CCC1C2. The fraction of sp³-hybridized carbons (Fsp3) is 0.409. The lowest BCUT2D eigenvalue weighted by Gasteiger charge is -2.21. The number of nitriles is 1. The van der Waals surface area contributed by atoms with E-state index >= 15 is 0 Å². The summed E-state index contributed by atoms with van der Waals surface area (Å²) in [6.45, 7) is 2.20. The second-order valence-corrected chi connectivity index (χ2v) is 7.25. The molecule has 3 atom stereocenters. The lowest BCUT2D eigenvalue weighted by atomic mass is 9.99. The third-order valence-corrected chi connectivity index (χ3v) is 5.31. The minimum Gasteiger partial charge on any atom is -0.481 e. The van der Waals surface area contributed by atoms with Gasteiger partial charge < -0.3 is 15.4 Å². The molecule has 1 amide bonds. The number of aromatic nitrogens is 1. The Morgan fingerprint density at radius 1 is 1.25 bits per heavy atom. The number of fused-ring (bicyclic) bond motifs is 2. The van der Waals surface area contributed by atoms with Gasteiger partial charge in [0.1, 0.15) is 6.54 Å². The van der Waals surface area contributed by atoms with Crippen LogP contribution in [0.4, 0.5) is 0 Å². The Morgan fingerprint density at radius 3 is 2.54 bits per heavy atom. The fourth-order valence-corrected chi connectivity index (χ4v) is 3.80. The molecule has 6 heteroatoms. The summed E-state index contributed by atoms with van der Waals surface area (Å²) in [5, 5.41) is 14.2. The largest absolute Gasteiger partial charge is 0.481 e. The second kappa shape index (κ2) is 9.34. The molecule has 2 aliphatic rings. The molecule has 28 heavy (non-hydrogen) atoms. The first kappa shape index (κ1) is 19.8. The van der Waals surface area contributed by atoms with E-state index in [1.54, 1.807) is 7.11 Å². The fourth-order valence-electron chi connectivity index (χ4n) is 3.80. The summed E-state index contributed by atoms with van der Waals surface area (Å²) in [4.78, 5) is 15.6. The maximum Gasteiger partial charge on any atom is 0.238 e. The predicted molar refractivity (Wildman–Crippen MR) is 108 cm³/mol. The van der Waals surface area contributed by atoms with Gasteiger partial charge in [-0.25, -0.2) is 4.98 Å². The van der Waals surface area contributed by atoms with Crippen LogP contribution < -0.4 is 15.4 Å². The van der Waals surface area contributed by atoms with Gasteiger partial charge in [0.2, 0.25) is 11.8 Å². The summed E-state index contributed by atoms with van der Waals surface area (Å²) in [5.41, 5.74) is 3.55. The molecule has 0 spiro atoms. The number of methoxy groups -OCH3 is 1. The van der Waals surface area contributed by atoms with Crippen molar-refractivity contribution >= 4 is 5.91 Å². The van der Waals surface area contributed by atoms with Crippen LogP contribution in [0.3, 0.4) is 0 Å². The average molecular weight is 378 g/mol. The van der Waals surface area contributed by atoms with Crippen molar-refractivity contribution in [3.05, 3.63) is 48.2 Å². The molecule has 3 unspecified atom stereocenters. The number of pyridine rings is 1. The second-order valence-electron chi connectivity index (χ2n) is 7.25. The topological polar surface area (TPSA) is 87.0 Å². The lowest BCUT2D eigenvalue weighted by Crippen LogP contribution is -2.47. The summed E-state index contributed by atoms with van der Waals surface area (Å²) < 4.78 is 5.01. The monoisotopic (exact) mass is 378 g/mol. The van der Waals surface area contributed by atoms with E-state index in [-0.39, 0.29) is 18.5 Å². The first-order chi connectivity index (χ1) is 13.6. The highest BCUT2D eigenvalue weighted by Gasteiger charge is 2.42. The number of carbonyl (C=O) groups is 1. The van der Waals surface area contributed by atoms with Crippen molar-refractivity contribution in [2.45, 2.75) is 38.3 Å². The van der Waals surface area contributed by atoms with Gasteiger partial charge >= 0.3 is 0 Å². The van der Waals surface area contributed by atoms with Crippen LogP contribution in [0.25, 0.3) is 11.1 Å². The highest BCUT2D eigenvalue weighted by molar-refractivity contribution is 5.82. The van der Waals surface area contributed by atoms with Crippen molar-refractivity contribution in [1.29, 1.82) is 5.26 Å². The highest BCUT2D eigenvalue weighted by atomic mass is 16.5. The summed E-state index contributed by atoms with van der Waals surface area (Å²) >= 11 is 0. The standard InChI is InChI=1S/C13H13NO.C9H13N3O/c1-10-3-5-11(6-4-10)12-7-8-13(15-2)14-9-12;10-3-4-11-9(13)8-6-1-2-7(5-6)12-8/h3-9H,1-2H3;6-8,12H,1-2,4-5H2,(H,11,13). The third-order valence-electron chi connectivity index (χ3n) is 5.31. The Hall–Kier alpha value is -2.91. The first-order valence-electron chi connectivity index (χ1n) is 9.58. The number of carbonyl (C=O) groups excluding carboxylic acids is 1. The van der Waals surface area contributed by atoms with Gasteiger partial charge in [-0.3, -0.25) is 4.79 Å². The van der Waals surface area contributed by atoms with Crippen LogP contribution >= 0.6 is 0 Å². The number of ether oxygens (including phenoxy) is 1. The van der Waals surface area contributed by atoms with E-state index in [4.69, 9.17) is 10.00 Å². The summed E-state index contributed by atoms with van der Waals surface area (Å²) in [7, 11) is 1.62. The number of rotatable bonds is 4. The molecule has 2 N–H and O–H groups in total. The number of aryl methyl sites for hydroxylation is 1. The molecule has 1 saturated heterocycles. The smallest absolute Gasteiger partial charge is 0.238 e. The zero-order valence-electron chi connectivity index (χ0n) is 16.3. The van der Waals surface area contributed by atoms with E-state index in [9.17, 15) is 4.79 Å². The van der Waals surface area contributed by atoms with Crippen LogP contribution in [0.5, 0.6) is 5.88 Å². The van der Waals surface area contributed by atoms with Crippen molar-refractivity contribution in [3.63, 3.8) is 0 Å². The van der Waals surface area contributed by atoms with Crippen molar-refractivity contribution in [3.8, 4) is 23.1 Å². The molecule has 2 fully saturated rings. The van der Waals surface area contributed by atoms with Crippen LogP contribution in [0.1, 0.15) is 24.8 Å². The number of piperidine rings is 1. The quantitative estimate of drug-likeness (QED) is 0.799. The molecule has 1 aliphatic heterocycles. The molecule has 2 heterocycles. The molecule has 4 rings (SSSR count). The molecule has 1 aromatic carbocycles. The third kappa shape index (κ3) is 4.87. The molecule has 1 saturated carbocycles. The molecular weight excluding hydrogens is 352 g/mol. The number of nitrogens with zero attached hydrogens (tertiary/aromatic N) is 2. The Kier molecular flexibility index (Phi) is 6.62. The van der Waals surface area contributed by atoms with Gasteiger partial charge in [0.15, 0.2) is 0 Å². The minimum atomic E-state index is -0.0351. The van der Waals surface area contributed by atoms with Crippen molar-refractivity contribution in [2.75, 3.05) is 13.7 Å². The molecule has 2 aromatic rings. The Morgan fingerprint density at radius 2 is 2.00 bits per heavy atom. The molecular formula is C22H26N4O2. The van der Waals surface area contributed by atoms with Gasteiger partial charge in [0.25, 0.3) is 0 Å². The summed E-state index contributed by atoms with van der Waals surface area (Å²) in [5.74, 6) is 1.14. The molecule has 2 bridgehead atoms. The number of benzene rings is 1. The number of amides is 1. The molecule has 1 aromatic heterocycles. The Balaban J connectivity index is 0.000000162. The number of nitrogens with one attached hydrogen (secondary N) is 2. The number of hydrogen-bond donors (Lipinski definition) is 2. The Bertz CT molecular complexity index is 827. The van der Waals surface area contributed by atoms with Crippen LogP contribution in [-0.2, 0) is 4.79 Å². The van der Waals surface area contributed by atoms with Crippen LogP contribution in [0.15, 0.2) is 42.6 Å². The molecule has 0 radical (unpaired) electrons. The minimum absolute atomic E-state index is 0.00579. The molecule has 1 aliphatic carbocycles. The van der Waals surface area contributed by atoms with Gasteiger partial charge in [-0.1, -0.05) is 29.8 Å². The van der Waals surface area contributed by atoms with Crippen molar-refractivity contribution < 1.29 is 9.53 Å². The van der Waals surface area contributed by atoms with E-state index in [0.29, 0.717) is 17.8 Å². The average Bonchev–Trinajstić information content (AvgIpc) is 3.37. The zero-order valence-corrected chi connectivity index (χ0v) is 16.3. The van der Waals surface area contributed by atoms with E-state index in [1.165, 1.54) is 17.5 Å². The van der Waals surface area contributed by atoms with Crippen LogP contribution in [0, 0.1) is 24.2 Å². The van der Waals surface area contributed by atoms with E-state index in [1.807, 2.05) is 24.4 Å². The van der Waals surface area contributed by atoms with E-state index < -0.39 is 0 Å². The van der Waals surface area contributed by atoms with Crippen molar-refractivity contribution in [2.24, 2.45) is 5.92 Å². The van der Waals surface area contributed by atoms with Crippen LogP contribution in [-0.4, -0.2) is 36.6 Å². The highest BCUT2D eigenvalue weighted by Crippen LogP contribution is 2.35. The lowest BCUT2D eigenvalue weighted by molar-refractivity contribution is -0.123. The summed E-state index contributed by atoms with van der Waals surface area (Å²) in [6.07, 6.45) is 5.31. The van der Waals surface area contributed by atoms with E-state index in [0.717, 1.165) is 18.4 Å². The normalized spacial score (nSPS) is 22.0. The van der Waals surface area contributed by atoms with Gasteiger partial charge in [-0.2, -0.15) is 5.26 Å². The van der Waals surface area contributed by atoms with Gasteiger partial charge in [-0.05, 0) is 43.7 Å².